The number of ether oxygens (including phenoxy) is 1. The smallest absolute Gasteiger partial charge is 0.287 e. The minimum atomic E-state index is -0.273. The first-order chi connectivity index (χ1) is 8.79. The predicted molar refractivity (Wildman–Crippen MR) is 68.8 cm³/mol. The van der Waals surface area contributed by atoms with E-state index in [1.807, 2.05) is 24.3 Å². The van der Waals surface area contributed by atoms with E-state index >= 15 is 0 Å². The second-order valence-corrected chi connectivity index (χ2v) is 3.56. The lowest BCUT2D eigenvalue weighted by Gasteiger charge is -1.99. The van der Waals surface area contributed by atoms with Crippen molar-refractivity contribution in [2.45, 2.75) is 0 Å². The number of hydrogen-bond donors (Lipinski definition) is 2. The van der Waals surface area contributed by atoms with Gasteiger partial charge in [-0.05, 0) is 42.0 Å². The van der Waals surface area contributed by atoms with E-state index in [0.717, 1.165) is 11.3 Å². The SMILES string of the molecule is COc1ccc(/C=N\NC(=O)c2ccc[nH]2)cc1. The van der Waals surface area contributed by atoms with E-state index in [1.54, 1.807) is 31.7 Å². The molecule has 0 aliphatic heterocycles. The number of hydrogen-bond acceptors (Lipinski definition) is 3. The predicted octanol–water partition coefficient (Wildman–Crippen LogP) is 1.79. The van der Waals surface area contributed by atoms with E-state index in [4.69, 9.17) is 4.74 Å². The van der Waals surface area contributed by atoms with Crippen molar-refractivity contribution in [3.63, 3.8) is 0 Å². The van der Waals surface area contributed by atoms with Gasteiger partial charge in [0.1, 0.15) is 11.4 Å². The molecule has 1 aromatic carbocycles. The van der Waals surface area contributed by atoms with Gasteiger partial charge < -0.3 is 9.72 Å². The average Bonchev–Trinajstić information content (AvgIpc) is 2.93. The zero-order chi connectivity index (χ0) is 12.8. The Bertz CT molecular complexity index is 530. The molecule has 1 amide bonds. The van der Waals surface area contributed by atoms with Crippen LogP contribution in [0, 0.1) is 0 Å². The highest BCUT2D eigenvalue weighted by atomic mass is 16.5. The third-order valence-corrected chi connectivity index (χ3v) is 2.34. The summed E-state index contributed by atoms with van der Waals surface area (Å²) in [5, 5.41) is 3.87. The maximum atomic E-state index is 11.5. The van der Waals surface area contributed by atoms with Gasteiger partial charge in [-0.15, -0.1) is 0 Å². The second kappa shape index (κ2) is 5.67. The molecule has 0 aliphatic rings. The molecule has 5 heteroatoms. The summed E-state index contributed by atoms with van der Waals surface area (Å²) in [6.07, 6.45) is 3.25. The topological polar surface area (TPSA) is 66.5 Å². The van der Waals surface area contributed by atoms with Crippen LogP contribution in [-0.2, 0) is 0 Å². The average molecular weight is 243 g/mol. The lowest BCUT2D eigenvalue weighted by molar-refractivity contribution is 0.0951. The first kappa shape index (κ1) is 11.9. The molecule has 0 radical (unpaired) electrons. The largest absolute Gasteiger partial charge is 0.497 e. The van der Waals surface area contributed by atoms with Gasteiger partial charge in [0.2, 0.25) is 0 Å². The van der Waals surface area contributed by atoms with Crippen molar-refractivity contribution in [2.75, 3.05) is 7.11 Å². The molecule has 18 heavy (non-hydrogen) atoms. The minimum absolute atomic E-state index is 0.273. The maximum absolute atomic E-state index is 11.5. The highest BCUT2D eigenvalue weighted by Gasteiger charge is 2.02. The van der Waals surface area contributed by atoms with Crippen LogP contribution in [0.1, 0.15) is 16.1 Å². The molecular formula is C13H13N3O2. The summed E-state index contributed by atoms with van der Waals surface area (Å²) >= 11 is 0. The first-order valence-corrected chi connectivity index (χ1v) is 5.40. The fourth-order valence-corrected chi connectivity index (χ4v) is 1.39. The summed E-state index contributed by atoms with van der Waals surface area (Å²) in [6, 6.07) is 10.8. The van der Waals surface area contributed by atoms with Crippen molar-refractivity contribution < 1.29 is 9.53 Å². The molecule has 0 bridgehead atoms. The van der Waals surface area contributed by atoms with Crippen molar-refractivity contribution in [3.8, 4) is 5.75 Å². The Morgan fingerprint density at radius 1 is 1.33 bits per heavy atom. The lowest BCUT2D eigenvalue weighted by Crippen LogP contribution is -2.17. The second-order valence-electron chi connectivity index (χ2n) is 3.56. The summed E-state index contributed by atoms with van der Waals surface area (Å²) in [7, 11) is 1.61. The lowest BCUT2D eigenvalue weighted by atomic mass is 10.2. The zero-order valence-electron chi connectivity index (χ0n) is 9.88. The van der Waals surface area contributed by atoms with Gasteiger partial charge >= 0.3 is 0 Å². The van der Waals surface area contributed by atoms with E-state index in [1.165, 1.54) is 0 Å². The van der Waals surface area contributed by atoms with Crippen molar-refractivity contribution >= 4 is 12.1 Å². The van der Waals surface area contributed by atoms with Crippen LogP contribution in [0.4, 0.5) is 0 Å². The van der Waals surface area contributed by atoms with Gasteiger partial charge in [-0.1, -0.05) is 0 Å². The van der Waals surface area contributed by atoms with Crippen LogP contribution in [0.15, 0.2) is 47.7 Å². The standard InChI is InChI=1S/C13H13N3O2/c1-18-11-6-4-10(5-7-11)9-15-16-13(17)12-3-2-8-14-12/h2-9,14H,1H3,(H,16,17)/b15-9-. The molecule has 0 aliphatic carbocycles. The van der Waals surface area contributed by atoms with Crippen LogP contribution in [-0.4, -0.2) is 24.2 Å². The number of nitrogens with zero attached hydrogens (tertiary/aromatic N) is 1. The van der Waals surface area contributed by atoms with E-state index in [2.05, 4.69) is 15.5 Å². The van der Waals surface area contributed by atoms with Crippen LogP contribution in [0.25, 0.3) is 0 Å². The Morgan fingerprint density at radius 3 is 2.72 bits per heavy atom. The number of benzene rings is 1. The number of methoxy groups -OCH3 is 1. The normalized spacial score (nSPS) is 10.5. The van der Waals surface area contributed by atoms with E-state index in [-0.39, 0.29) is 5.91 Å². The minimum Gasteiger partial charge on any atom is -0.497 e. The molecule has 5 nitrogen and oxygen atoms in total. The molecule has 1 heterocycles. The van der Waals surface area contributed by atoms with Crippen LogP contribution < -0.4 is 10.2 Å². The van der Waals surface area contributed by atoms with Gasteiger partial charge in [0.25, 0.3) is 5.91 Å². The summed E-state index contributed by atoms with van der Waals surface area (Å²) < 4.78 is 5.04. The molecule has 0 saturated heterocycles. The number of aromatic nitrogens is 1. The fraction of sp³-hybridized carbons (Fsp3) is 0.0769. The van der Waals surface area contributed by atoms with Crippen LogP contribution in [0.3, 0.4) is 0 Å². The zero-order valence-corrected chi connectivity index (χ0v) is 9.88. The molecule has 2 N–H and O–H groups in total. The molecule has 2 rings (SSSR count). The maximum Gasteiger partial charge on any atom is 0.287 e. The number of carbonyl (C=O) groups excluding carboxylic acids is 1. The van der Waals surface area contributed by atoms with Gasteiger partial charge in [-0.3, -0.25) is 4.79 Å². The Labute approximate surface area is 104 Å². The molecule has 92 valence electrons. The van der Waals surface area contributed by atoms with Crippen molar-refractivity contribution in [1.29, 1.82) is 0 Å². The Balaban J connectivity index is 1.93. The van der Waals surface area contributed by atoms with E-state index < -0.39 is 0 Å². The van der Waals surface area contributed by atoms with Gasteiger partial charge in [0.05, 0.1) is 13.3 Å². The Kier molecular flexibility index (Phi) is 3.76. The highest BCUT2D eigenvalue weighted by molar-refractivity contribution is 5.93. The first-order valence-electron chi connectivity index (χ1n) is 5.40. The number of H-pyrrole nitrogens is 1. The third kappa shape index (κ3) is 2.98. The number of carbonyl (C=O) groups is 1. The molecule has 0 saturated carbocycles. The quantitative estimate of drug-likeness (QED) is 0.635. The Morgan fingerprint density at radius 2 is 2.11 bits per heavy atom. The van der Waals surface area contributed by atoms with Crippen molar-refractivity contribution in [1.82, 2.24) is 10.4 Å². The highest BCUT2D eigenvalue weighted by Crippen LogP contribution is 2.09. The number of hydrazone groups is 1. The molecular weight excluding hydrogens is 230 g/mol. The third-order valence-electron chi connectivity index (χ3n) is 2.34. The molecule has 1 aromatic heterocycles. The van der Waals surface area contributed by atoms with Crippen LogP contribution in [0.2, 0.25) is 0 Å². The Hall–Kier alpha value is -2.56. The van der Waals surface area contributed by atoms with Crippen molar-refractivity contribution in [2.24, 2.45) is 5.10 Å². The summed E-state index contributed by atoms with van der Waals surface area (Å²) in [4.78, 5) is 14.3. The van der Waals surface area contributed by atoms with Crippen LogP contribution in [0.5, 0.6) is 5.75 Å². The number of rotatable bonds is 4. The number of nitrogens with one attached hydrogen (secondary N) is 2. The molecule has 0 unspecified atom stereocenters. The summed E-state index contributed by atoms with van der Waals surface area (Å²) in [5.41, 5.74) is 3.78. The van der Waals surface area contributed by atoms with Crippen LogP contribution >= 0.6 is 0 Å². The van der Waals surface area contributed by atoms with Gasteiger partial charge in [-0.2, -0.15) is 5.10 Å². The fourth-order valence-electron chi connectivity index (χ4n) is 1.39. The van der Waals surface area contributed by atoms with Gasteiger partial charge in [0, 0.05) is 6.20 Å². The van der Waals surface area contributed by atoms with E-state index in [9.17, 15) is 4.79 Å². The monoisotopic (exact) mass is 243 g/mol. The summed E-state index contributed by atoms with van der Waals surface area (Å²) in [6.45, 7) is 0. The molecule has 2 aromatic rings. The number of amides is 1. The van der Waals surface area contributed by atoms with Gasteiger partial charge in [0.15, 0.2) is 0 Å². The molecule has 0 spiro atoms. The molecule has 0 fully saturated rings. The van der Waals surface area contributed by atoms with E-state index in [0.29, 0.717) is 5.69 Å². The number of aromatic amines is 1. The van der Waals surface area contributed by atoms with Crippen molar-refractivity contribution in [3.05, 3.63) is 53.9 Å². The van der Waals surface area contributed by atoms with Gasteiger partial charge in [-0.25, -0.2) is 5.43 Å². The summed E-state index contributed by atoms with van der Waals surface area (Å²) in [5.74, 6) is 0.507. The molecule has 0 atom stereocenters.